The van der Waals surface area contributed by atoms with Gasteiger partial charge in [0.1, 0.15) is 5.60 Å². The smallest absolute Gasteiger partial charge is 0.104 e. The second-order valence-electron chi connectivity index (χ2n) is 5.00. The molecule has 17 heavy (non-hydrogen) atoms. The Hall–Kier alpha value is -1.32. The molecule has 3 heteroatoms. The van der Waals surface area contributed by atoms with Crippen molar-refractivity contribution in [3.63, 3.8) is 0 Å². The maximum Gasteiger partial charge on any atom is 0.104 e. The minimum atomic E-state index is -0.668. The summed E-state index contributed by atoms with van der Waals surface area (Å²) in [5.41, 5.74) is 2.18. The van der Waals surface area contributed by atoms with Crippen LogP contribution >= 0.6 is 0 Å². The fourth-order valence-electron chi connectivity index (χ4n) is 2.76. The van der Waals surface area contributed by atoms with Crippen LogP contribution in [0.1, 0.15) is 36.9 Å². The van der Waals surface area contributed by atoms with E-state index in [-0.39, 0.29) is 6.61 Å². The molecule has 1 aromatic carbocycles. The van der Waals surface area contributed by atoms with Crippen molar-refractivity contribution >= 4 is 10.9 Å². The molecule has 1 aliphatic rings. The maximum absolute atomic E-state index is 10.5. The molecule has 0 aliphatic heterocycles. The molecule has 0 unspecified atom stereocenters. The van der Waals surface area contributed by atoms with Gasteiger partial charge in [-0.15, -0.1) is 0 Å². The van der Waals surface area contributed by atoms with E-state index in [1.807, 2.05) is 24.3 Å². The Morgan fingerprint density at radius 2 is 1.94 bits per heavy atom. The molecule has 0 bridgehead atoms. The van der Waals surface area contributed by atoms with Gasteiger partial charge in [-0.3, -0.25) is 0 Å². The van der Waals surface area contributed by atoms with Crippen LogP contribution < -0.4 is 0 Å². The Kier molecular flexibility index (Phi) is 2.45. The molecule has 1 aromatic heterocycles. The van der Waals surface area contributed by atoms with Crippen molar-refractivity contribution in [2.75, 3.05) is 0 Å². The molecule has 1 heterocycles. The van der Waals surface area contributed by atoms with Crippen molar-refractivity contribution in [3.05, 3.63) is 35.5 Å². The molecule has 90 valence electrons. The molecule has 0 radical (unpaired) electrons. The number of hydrogen-bond acceptors (Lipinski definition) is 2. The first kappa shape index (κ1) is 10.8. The molecule has 3 nitrogen and oxygen atoms in total. The Morgan fingerprint density at radius 3 is 2.65 bits per heavy atom. The van der Waals surface area contributed by atoms with Gasteiger partial charge in [-0.2, -0.15) is 0 Å². The number of fused-ring (bicyclic) bond motifs is 1. The van der Waals surface area contributed by atoms with E-state index in [0.717, 1.165) is 47.8 Å². The zero-order chi connectivity index (χ0) is 11.9. The summed E-state index contributed by atoms with van der Waals surface area (Å²) in [6.45, 7) is 0.0563. The SMILES string of the molecule is OCc1ccc2[nH]c(C3(O)CCCC3)cc2c1. The number of H-pyrrole nitrogens is 1. The van der Waals surface area contributed by atoms with Gasteiger partial charge in [-0.1, -0.05) is 18.9 Å². The summed E-state index contributed by atoms with van der Waals surface area (Å²) < 4.78 is 0. The van der Waals surface area contributed by atoms with Gasteiger partial charge in [0.15, 0.2) is 0 Å². The van der Waals surface area contributed by atoms with E-state index in [2.05, 4.69) is 4.98 Å². The molecule has 0 saturated heterocycles. The minimum absolute atomic E-state index is 0.0563. The molecule has 0 spiro atoms. The monoisotopic (exact) mass is 231 g/mol. The number of aliphatic hydroxyl groups is 2. The summed E-state index contributed by atoms with van der Waals surface area (Å²) in [7, 11) is 0. The first-order chi connectivity index (χ1) is 8.21. The van der Waals surface area contributed by atoms with Crippen molar-refractivity contribution in [1.82, 2.24) is 4.98 Å². The van der Waals surface area contributed by atoms with Gasteiger partial charge < -0.3 is 15.2 Å². The van der Waals surface area contributed by atoms with Crippen LogP contribution in [0.3, 0.4) is 0 Å². The largest absolute Gasteiger partial charge is 0.392 e. The van der Waals surface area contributed by atoms with Crippen LogP contribution in [0.5, 0.6) is 0 Å². The van der Waals surface area contributed by atoms with Crippen molar-refractivity contribution in [2.24, 2.45) is 0 Å². The van der Waals surface area contributed by atoms with Gasteiger partial charge in [0.25, 0.3) is 0 Å². The van der Waals surface area contributed by atoms with Gasteiger partial charge >= 0.3 is 0 Å². The van der Waals surface area contributed by atoms with E-state index >= 15 is 0 Å². The van der Waals surface area contributed by atoms with Gasteiger partial charge in [-0.25, -0.2) is 0 Å². The Balaban J connectivity index is 2.07. The van der Waals surface area contributed by atoms with Crippen LogP contribution in [0.25, 0.3) is 10.9 Å². The topological polar surface area (TPSA) is 56.2 Å². The minimum Gasteiger partial charge on any atom is -0.392 e. The zero-order valence-electron chi connectivity index (χ0n) is 9.74. The molecular formula is C14H17NO2. The number of aromatic nitrogens is 1. The summed E-state index contributed by atoms with van der Waals surface area (Å²) >= 11 is 0. The number of aliphatic hydroxyl groups excluding tert-OH is 1. The number of aromatic amines is 1. The van der Waals surface area contributed by atoms with Crippen LogP contribution in [-0.4, -0.2) is 15.2 Å². The van der Waals surface area contributed by atoms with E-state index < -0.39 is 5.60 Å². The molecule has 1 saturated carbocycles. The standard InChI is InChI=1S/C14H17NO2/c16-9-10-3-4-12-11(7-10)8-13(15-12)14(17)5-1-2-6-14/h3-4,7-8,15-17H,1-2,5-6,9H2. The third kappa shape index (κ3) is 1.75. The lowest BCUT2D eigenvalue weighted by Crippen LogP contribution is -2.21. The summed E-state index contributed by atoms with van der Waals surface area (Å²) in [6.07, 6.45) is 3.86. The number of nitrogens with one attached hydrogen (secondary N) is 1. The predicted molar refractivity (Wildman–Crippen MR) is 66.6 cm³/mol. The van der Waals surface area contributed by atoms with Gasteiger partial charge in [0.2, 0.25) is 0 Å². The van der Waals surface area contributed by atoms with Crippen molar-refractivity contribution < 1.29 is 10.2 Å². The summed E-state index contributed by atoms with van der Waals surface area (Å²) in [6, 6.07) is 7.84. The normalized spacial score (nSPS) is 18.9. The van der Waals surface area contributed by atoms with E-state index in [1.165, 1.54) is 0 Å². The fourth-order valence-corrected chi connectivity index (χ4v) is 2.76. The first-order valence-electron chi connectivity index (χ1n) is 6.17. The Morgan fingerprint density at radius 1 is 1.18 bits per heavy atom. The van der Waals surface area contributed by atoms with Gasteiger partial charge in [0.05, 0.1) is 6.61 Å². The van der Waals surface area contributed by atoms with E-state index in [9.17, 15) is 5.11 Å². The lowest BCUT2D eigenvalue weighted by molar-refractivity contribution is 0.0407. The highest BCUT2D eigenvalue weighted by Crippen LogP contribution is 2.39. The van der Waals surface area contributed by atoms with Crippen molar-refractivity contribution in [2.45, 2.75) is 37.9 Å². The number of hydrogen-bond donors (Lipinski definition) is 3. The Labute approximate surface area is 100 Å². The lowest BCUT2D eigenvalue weighted by atomic mass is 9.98. The molecule has 0 amide bonds. The van der Waals surface area contributed by atoms with Crippen molar-refractivity contribution in [3.8, 4) is 0 Å². The average Bonchev–Trinajstić information content (AvgIpc) is 2.94. The molecule has 2 aromatic rings. The van der Waals surface area contributed by atoms with Crippen molar-refractivity contribution in [1.29, 1.82) is 0 Å². The van der Waals surface area contributed by atoms with Gasteiger partial charge in [-0.05, 0) is 36.6 Å². The second-order valence-corrected chi connectivity index (χ2v) is 5.00. The molecule has 0 atom stereocenters. The molecule has 3 rings (SSSR count). The van der Waals surface area contributed by atoms with Gasteiger partial charge in [0, 0.05) is 16.6 Å². The number of benzene rings is 1. The fraction of sp³-hybridized carbons (Fsp3) is 0.429. The first-order valence-corrected chi connectivity index (χ1v) is 6.17. The maximum atomic E-state index is 10.5. The molecular weight excluding hydrogens is 214 g/mol. The van der Waals surface area contributed by atoms with Crippen LogP contribution in [0.2, 0.25) is 0 Å². The summed E-state index contributed by atoms with van der Waals surface area (Å²) in [5.74, 6) is 0. The quantitative estimate of drug-likeness (QED) is 0.743. The summed E-state index contributed by atoms with van der Waals surface area (Å²) in [5, 5.41) is 20.7. The average molecular weight is 231 g/mol. The number of rotatable bonds is 2. The third-order valence-electron chi connectivity index (χ3n) is 3.80. The lowest BCUT2D eigenvalue weighted by Gasteiger charge is -2.20. The molecule has 1 fully saturated rings. The highest BCUT2D eigenvalue weighted by molar-refractivity contribution is 5.81. The van der Waals surface area contributed by atoms with E-state index in [4.69, 9.17) is 5.11 Å². The third-order valence-corrected chi connectivity index (χ3v) is 3.80. The van der Waals surface area contributed by atoms with Crippen LogP contribution in [0.15, 0.2) is 24.3 Å². The van der Waals surface area contributed by atoms with Crippen LogP contribution in [0.4, 0.5) is 0 Å². The zero-order valence-corrected chi connectivity index (χ0v) is 9.74. The molecule has 1 aliphatic carbocycles. The van der Waals surface area contributed by atoms with Crippen LogP contribution in [-0.2, 0) is 12.2 Å². The highest BCUT2D eigenvalue weighted by atomic mass is 16.3. The van der Waals surface area contributed by atoms with E-state index in [1.54, 1.807) is 0 Å². The summed E-state index contributed by atoms with van der Waals surface area (Å²) in [4.78, 5) is 3.30. The molecule has 3 N–H and O–H groups in total. The Bertz CT molecular complexity index is 538. The van der Waals surface area contributed by atoms with E-state index in [0.29, 0.717) is 0 Å². The van der Waals surface area contributed by atoms with Crippen LogP contribution in [0, 0.1) is 0 Å². The second kappa shape index (κ2) is 3.86. The highest BCUT2D eigenvalue weighted by Gasteiger charge is 2.34. The predicted octanol–water partition coefficient (Wildman–Crippen LogP) is 2.42.